The fraction of sp³-hybridized carbons (Fsp3) is 0.440. The van der Waals surface area contributed by atoms with Crippen molar-refractivity contribution < 1.29 is 14.3 Å². The molecule has 0 unspecified atom stereocenters. The van der Waals surface area contributed by atoms with Crippen LogP contribution < -0.4 is 5.32 Å². The molecule has 1 amide bonds. The molecule has 2 heterocycles. The van der Waals surface area contributed by atoms with E-state index in [0.717, 1.165) is 43.6 Å². The maximum absolute atomic E-state index is 12.7. The number of nitrogens with one attached hydrogen (secondary N) is 1. The predicted octanol–water partition coefficient (Wildman–Crippen LogP) is 4.58. The zero-order valence-electron chi connectivity index (χ0n) is 18.5. The van der Waals surface area contributed by atoms with Gasteiger partial charge in [-0.2, -0.15) is 0 Å². The first-order chi connectivity index (χ1) is 14.8. The lowest BCUT2D eigenvalue weighted by Crippen LogP contribution is -2.34. The largest absolute Gasteiger partial charge is 0.440 e. The SMILES string of the molecule is CC(C)(C)c1nc2cc(NC(=O)c3ccc(CN4CCC(CO)CC4)cc3)ccc2o1. The van der Waals surface area contributed by atoms with E-state index in [0.29, 0.717) is 29.7 Å². The highest BCUT2D eigenvalue weighted by Crippen LogP contribution is 2.27. The second kappa shape index (κ2) is 8.81. The van der Waals surface area contributed by atoms with Gasteiger partial charge < -0.3 is 14.8 Å². The molecule has 1 saturated heterocycles. The van der Waals surface area contributed by atoms with E-state index in [9.17, 15) is 9.90 Å². The molecule has 0 saturated carbocycles. The number of benzene rings is 2. The lowest BCUT2D eigenvalue weighted by Gasteiger charge is -2.31. The summed E-state index contributed by atoms with van der Waals surface area (Å²) in [5.74, 6) is 0.982. The van der Waals surface area contributed by atoms with Crippen molar-refractivity contribution in [2.24, 2.45) is 5.92 Å². The Kier molecular flexibility index (Phi) is 6.12. The van der Waals surface area contributed by atoms with Crippen LogP contribution in [-0.4, -0.2) is 40.6 Å². The average Bonchev–Trinajstić information content (AvgIpc) is 3.19. The Morgan fingerprint density at radius 2 is 1.87 bits per heavy atom. The minimum atomic E-state index is -0.168. The number of hydrogen-bond acceptors (Lipinski definition) is 5. The van der Waals surface area contributed by atoms with E-state index in [4.69, 9.17) is 4.42 Å². The number of nitrogens with zero attached hydrogens (tertiary/aromatic N) is 2. The monoisotopic (exact) mass is 421 g/mol. The number of hydrogen-bond donors (Lipinski definition) is 2. The molecule has 0 radical (unpaired) electrons. The fourth-order valence-corrected chi connectivity index (χ4v) is 3.88. The molecular formula is C25H31N3O3. The third-order valence-corrected chi connectivity index (χ3v) is 5.87. The molecule has 0 spiro atoms. The molecule has 2 N–H and O–H groups in total. The van der Waals surface area contributed by atoms with Crippen LogP contribution in [0.5, 0.6) is 0 Å². The van der Waals surface area contributed by atoms with E-state index < -0.39 is 0 Å². The maximum atomic E-state index is 12.7. The topological polar surface area (TPSA) is 78.6 Å². The number of aromatic nitrogens is 1. The van der Waals surface area contributed by atoms with Crippen molar-refractivity contribution in [3.63, 3.8) is 0 Å². The van der Waals surface area contributed by atoms with E-state index in [1.54, 1.807) is 0 Å². The summed E-state index contributed by atoms with van der Waals surface area (Å²) in [4.78, 5) is 19.7. The summed E-state index contributed by atoms with van der Waals surface area (Å²) < 4.78 is 5.82. The summed E-state index contributed by atoms with van der Waals surface area (Å²) in [5.41, 5.74) is 3.80. The van der Waals surface area contributed by atoms with Gasteiger partial charge in [-0.1, -0.05) is 32.9 Å². The van der Waals surface area contributed by atoms with Gasteiger partial charge in [0.1, 0.15) is 5.52 Å². The number of amides is 1. The van der Waals surface area contributed by atoms with Gasteiger partial charge in [0.15, 0.2) is 5.58 Å². The van der Waals surface area contributed by atoms with Crippen LogP contribution >= 0.6 is 0 Å². The summed E-state index contributed by atoms with van der Waals surface area (Å²) in [6.07, 6.45) is 2.09. The van der Waals surface area contributed by atoms with E-state index in [2.05, 4.69) is 36.0 Å². The van der Waals surface area contributed by atoms with Crippen molar-refractivity contribution in [2.45, 2.75) is 45.6 Å². The number of carbonyl (C=O) groups excluding carboxylic acids is 1. The molecule has 6 nitrogen and oxygen atoms in total. The molecule has 0 aliphatic carbocycles. The van der Waals surface area contributed by atoms with Crippen molar-refractivity contribution in [1.82, 2.24) is 9.88 Å². The number of carbonyl (C=O) groups is 1. The van der Waals surface area contributed by atoms with Crippen molar-refractivity contribution in [1.29, 1.82) is 0 Å². The van der Waals surface area contributed by atoms with Crippen molar-refractivity contribution in [3.8, 4) is 0 Å². The third-order valence-electron chi connectivity index (χ3n) is 5.87. The van der Waals surface area contributed by atoms with E-state index in [-0.39, 0.29) is 11.3 Å². The second-order valence-electron chi connectivity index (χ2n) is 9.50. The van der Waals surface area contributed by atoms with Gasteiger partial charge in [-0.15, -0.1) is 0 Å². The molecule has 1 aliphatic heterocycles. The lowest BCUT2D eigenvalue weighted by atomic mass is 9.97. The Morgan fingerprint density at radius 1 is 1.16 bits per heavy atom. The summed E-state index contributed by atoms with van der Waals surface area (Å²) >= 11 is 0. The highest BCUT2D eigenvalue weighted by molar-refractivity contribution is 6.04. The number of fused-ring (bicyclic) bond motifs is 1. The first-order valence-corrected chi connectivity index (χ1v) is 11.0. The molecule has 6 heteroatoms. The first kappa shape index (κ1) is 21.5. The Bertz CT molecular complexity index is 1040. The van der Waals surface area contributed by atoms with Crippen LogP contribution in [0.4, 0.5) is 5.69 Å². The predicted molar refractivity (Wildman–Crippen MR) is 122 cm³/mol. The number of anilines is 1. The van der Waals surface area contributed by atoms with Crippen LogP contribution in [0, 0.1) is 5.92 Å². The van der Waals surface area contributed by atoms with Crippen LogP contribution in [0.25, 0.3) is 11.1 Å². The van der Waals surface area contributed by atoms with Crippen LogP contribution in [0.2, 0.25) is 0 Å². The van der Waals surface area contributed by atoms with Crippen molar-refractivity contribution in [2.75, 3.05) is 25.0 Å². The van der Waals surface area contributed by atoms with Crippen LogP contribution in [0.15, 0.2) is 46.9 Å². The zero-order valence-corrected chi connectivity index (χ0v) is 18.5. The minimum absolute atomic E-state index is 0.144. The molecule has 3 aromatic rings. The first-order valence-electron chi connectivity index (χ1n) is 11.0. The fourth-order valence-electron chi connectivity index (χ4n) is 3.88. The third kappa shape index (κ3) is 5.14. The summed E-state index contributed by atoms with van der Waals surface area (Å²) in [6, 6.07) is 13.3. The average molecular weight is 422 g/mol. The summed E-state index contributed by atoms with van der Waals surface area (Å²) in [7, 11) is 0. The molecule has 1 fully saturated rings. The highest BCUT2D eigenvalue weighted by Gasteiger charge is 2.21. The highest BCUT2D eigenvalue weighted by atomic mass is 16.3. The zero-order chi connectivity index (χ0) is 22.0. The van der Waals surface area contributed by atoms with Gasteiger partial charge in [-0.25, -0.2) is 4.98 Å². The number of piperidine rings is 1. The molecule has 0 atom stereocenters. The van der Waals surface area contributed by atoms with Crippen LogP contribution in [-0.2, 0) is 12.0 Å². The molecule has 2 aromatic carbocycles. The number of likely N-dealkylation sites (tertiary alicyclic amines) is 1. The van der Waals surface area contributed by atoms with Crippen molar-refractivity contribution >= 4 is 22.7 Å². The van der Waals surface area contributed by atoms with Gasteiger partial charge in [0, 0.05) is 29.8 Å². The standard InChI is InChI=1S/C25H31N3O3/c1-25(2,3)24-27-21-14-20(8-9-22(21)31-24)26-23(30)19-6-4-17(5-7-19)15-28-12-10-18(16-29)11-13-28/h4-9,14,18,29H,10-13,15-16H2,1-3H3,(H,26,30). The van der Waals surface area contributed by atoms with Gasteiger partial charge in [0.25, 0.3) is 5.91 Å². The Labute approximate surface area is 183 Å². The van der Waals surface area contributed by atoms with E-state index >= 15 is 0 Å². The number of oxazole rings is 1. The smallest absolute Gasteiger partial charge is 0.255 e. The van der Waals surface area contributed by atoms with Crippen LogP contribution in [0.3, 0.4) is 0 Å². The quantitative estimate of drug-likeness (QED) is 0.630. The molecule has 164 valence electrons. The maximum Gasteiger partial charge on any atom is 0.255 e. The number of aliphatic hydroxyl groups is 1. The second-order valence-corrected chi connectivity index (χ2v) is 9.50. The molecule has 4 rings (SSSR count). The molecule has 1 aromatic heterocycles. The van der Waals surface area contributed by atoms with Gasteiger partial charge in [0.05, 0.1) is 0 Å². The van der Waals surface area contributed by atoms with Gasteiger partial charge >= 0.3 is 0 Å². The van der Waals surface area contributed by atoms with E-state index in [1.165, 1.54) is 5.56 Å². The Balaban J connectivity index is 1.38. The summed E-state index contributed by atoms with van der Waals surface area (Å²) in [5, 5.41) is 12.2. The van der Waals surface area contributed by atoms with E-state index in [1.807, 2.05) is 42.5 Å². The Morgan fingerprint density at radius 3 is 2.52 bits per heavy atom. The van der Waals surface area contributed by atoms with Crippen molar-refractivity contribution in [3.05, 3.63) is 59.5 Å². The van der Waals surface area contributed by atoms with Gasteiger partial charge in [-0.05, 0) is 67.7 Å². The molecule has 31 heavy (non-hydrogen) atoms. The lowest BCUT2D eigenvalue weighted by molar-refractivity contribution is 0.102. The number of rotatable bonds is 5. The molecular weight excluding hydrogens is 390 g/mol. The van der Waals surface area contributed by atoms with Gasteiger partial charge in [0.2, 0.25) is 5.89 Å². The molecule has 1 aliphatic rings. The van der Waals surface area contributed by atoms with Gasteiger partial charge in [-0.3, -0.25) is 9.69 Å². The van der Waals surface area contributed by atoms with Crippen LogP contribution in [0.1, 0.15) is 55.4 Å². The Hall–Kier alpha value is -2.70. The number of aliphatic hydroxyl groups excluding tert-OH is 1. The summed E-state index contributed by atoms with van der Waals surface area (Å²) in [6.45, 7) is 9.35. The minimum Gasteiger partial charge on any atom is -0.440 e. The normalized spacial score (nSPS) is 16.0. The molecule has 0 bridgehead atoms.